The molecule has 5 aromatic rings. The van der Waals surface area contributed by atoms with Gasteiger partial charge in [0.2, 0.25) is 0 Å². The third-order valence-electron chi connectivity index (χ3n) is 10.8. The number of aryl methyl sites for hydroxylation is 2. The molecule has 5 heterocycles. The quantitative estimate of drug-likeness (QED) is 0.0597. The Balaban J connectivity index is 1.59. The number of nitrogens with one attached hydrogen (secondary N) is 2. The molecular weight excluding hydrogens is 705 g/mol. The van der Waals surface area contributed by atoms with Crippen LogP contribution in [0.4, 0.5) is 0 Å². The van der Waals surface area contributed by atoms with Crippen LogP contribution in [-0.4, -0.2) is 52.3 Å². The predicted molar refractivity (Wildman–Crippen MR) is 220 cm³/mol. The van der Waals surface area contributed by atoms with Crippen molar-refractivity contribution in [2.75, 3.05) is 0 Å². The molecule has 0 radical (unpaired) electrons. The van der Waals surface area contributed by atoms with Crippen LogP contribution in [0.15, 0.2) is 72.8 Å². The average Bonchev–Trinajstić information content (AvgIpc) is 4.03. The number of aliphatic hydroxyl groups is 2. The molecule has 3 aromatic heterocycles. The zero-order valence-corrected chi connectivity index (χ0v) is 31.8. The summed E-state index contributed by atoms with van der Waals surface area (Å²) in [7, 11) is 0. The van der Waals surface area contributed by atoms with Crippen LogP contribution in [0.3, 0.4) is 0 Å². The number of H-pyrrole nitrogens is 2. The number of nitrogens with zero attached hydrogens (tertiary/aromatic N) is 2. The summed E-state index contributed by atoms with van der Waals surface area (Å²) in [6, 6.07) is 21.2. The minimum atomic E-state index is -1.35. The smallest absolute Gasteiger partial charge is 0.335 e. The molecule has 10 heteroatoms. The molecule has 2 atom stereocenters. The molecule has 288 valence electrons. The zero-order chi connectivity index (χ0) is 39.3. The highest BCUT2D eigenvalue weighted by Crippen LogP contribution is 2.42. The largest absolute Gasteiger partial charge is 0.478 e. The fraction of sp³-hybridized carbons (Fsp3) is 0.304. The third-order valence-corrected chi connectivity index (χ3v) is 10.8. The Kier molecular flexibility index (Phi) is 11.6. The van der Waals surface area contributed by atoms with Gasteiger partial charge in [-0.3, -0.25) is 4.98 Å². The van der Waals surface area contributed by atoms with Gasteiger partial charge >= 0.3 is 11.9 Å². The molecule has 0 spiro atoms. The number of benzene rings is 2. The molecule has 56 heavy (non-hydrogen) atoms. The van der Waals surface area contributed by atoms with Crippen molar-refractivity contribution in [3.8, 4) is 22.3 Å². The van der Waals surface area contributed by atoms with Crippen molar-refractivity contribution in [2.45, 2.75) is 90.3 Å². The Morgan fingerprint density at radius 2 is 1.00 bits per heavy atom. The minimum Gasteiger partial charge on any atom is -0.478 e. The van der Waals surface area contributed by atoms with E-state index in [2.05, 4.69) is 23.8 Å². The second kappa shape index (κ2) is 16.9. The standard InChI is InChI=1S/C46H48N4O6/c1-3-5-7-9-11-31-33-21-24-36(47-33)39(27-13-17-29(18-14-27)45(53)54)37-25-23-35(49-37)32(12-10-8-6-4-2)41-43(51)44(52)42(50-41)40(38-26-22-34(31)48-38)28-15-19-30(20-16-28)46(55)56/h13-26,43-44,48-49,51-52H,3-12H2,1-2H3,(H,53,54)(H,55,56). The van der Waals surface area contributed by atoms with Gasteiger partial charge in [0.1, 0.15) is 12.2 Å². The van der Waals surface area contributed by atoms with E-state index < -0.39 is 24.1 Å². The number of carbonyl (C=O) groups is 2. The highest BCUT2D eigenvalue weighted by atomic mass is 16.4. The Bertz CT molecular complexity index is 2440. The van der Waals surface area contributed by atoms with Gasteiger partial charge in [-0.2, -0.15) is 0 Å². The summed E-state index contributed by atoms with van der Waals surface area (Å²) < 4.78 is 0. The molecule has 2 aliphatic heterocycles. The summed E-state index contributed by atoms with van der Waals surface area (Å²) in [6.45, 7) is 4.34. The Morgan fingerprint density at radius 3 is 1.55 bits per heavy atom. The molecule has 0 saturated heterocycles. The number of hydrogen-bond acceptors (Lipinski definition) is 6. The van der Waals surface area contributed by atoms with E-state index in [9.17, 15) is 30.0 Å². The van der Waals surface area contributed by atoms with Gasteiger partial charge in [0.25, 0.3) is 0 Å². The van der Waals surface area contributed by atoms with Gasteiger partial charge in [-0.15, -0.1) is 0 Å². The maximum atomic E-state index is 11.9. The number of fused-ring (bicyclic) bond motifs is 8. The molecule has 6 N–H and O–H groups in total. The first-order valence-electron chi connectivity index (χ1n) is 19.7. The number of aromatic amines is 2. The normalized spacial score (nSPS) is 15.0. The van der Waals surface area contributed by atoms with Crippen LogP contribution >= 0.6 is 0 Å². The summed E-state index contributed by atoms with van der Waals surface area (Å²) >= 11 is 0. The van der Waals surface area contributed by atoms with Gasteiger partial charge in [-0.1, -0.05) is 76.6 Å². The minimum absolute atomic E-state index is 0.135. The maximum absolute atomic E-state index is 11.9. The van der Waals surface area contributed by atoms with Gasteiger partial charge in [0.05, 0.1) is 33.9 Å². The van der Waals surface area contributed by atoms with Crippen LogP contribution in [0, 0.1) is 0 Å². The van der Waals surface area contributed by atoms with Gasteiger partial charge in [0.15, 0.2) is 0 Å². The summed E-state index contributed by atoms with van der Waals surface area (Å²) in [5, 5.41) is 43.0. The monoisotopic (exact) mass is 752 g/mol. The average molecular weight is 753 g/mol. The van der Waals surface area contributed by atoms with Crippen molar-refractivity contribution < 1.29 is 30.0 Å². The second-order valence-corrected chi connectivity index (χ2v) is 14.7. The lowest BCUT2D eigenvalue weighted by molar-refractivity contribution is 0.0252. The number of unbranched alkanes of at least 4 members (excludes halogenated alkanes) is 6. The van der Waals surface area contributed by atoms with Gasteiger partial charge in [-0.25, -0.2) is 14.6 Å². The fourth-order valence-electron chi connectivity index (χ4n) is 7.81. The van der Waals surface area contributed by atoms with Crippen LogP contribution < -0.4 is 0 Å². The Morgan fingerprint density at radius 1 is 0.536 bits per heavy atom. The number of hydrogen-bond donors (Lipinski definition) is 6. The first kappa shape index (κ1) is 38.4. The van der Waals surface area contributed by atoms with Crippen molar-refractivity contribution in [2.24, 2.45) is 0 Å². The van der Waals surface area contributed by atoms with Gasteiger partial charge in [-0.05, 0) is 103 Å². The van der Waals surface area contributed by atoms with Crippen LogP contribution in [0.5, 0.6) is 0 Å². The molecule has 0 saturated carbocycles. The number of aliphatic hydroxyl groups excluding tert-OH is 2. The van der Waals surface area contributed by atoms with E-state index in [-0.39, 0.29) is 16.8 Å². The van der Waals surface area contributed by atoms with Crippen molar-refractivity contribution in [3.05, 3.63) is 118 Å². The second-order valence-electron chi connectivity index (χ2n) is 14.7. The van der Waals surface area contributed by atoms with E-state index in [0.29, 0.717) is 28.8 Å². The lowest BCUT2D eigenvalue weighted by Crippen LogP contribution is -2.06. The lowest BCUT2D eigenvalue weighted by atomic mass is 9.97. The summed E-state index contributed by atoms with van der Waals surface area (Å²) in [4.78, 5) is 41.1. The van der Waals surface area contributed by atoms with Crippen molar-refractivity contribution >= 4 is 46.2 Å². The molecular formula is C46H48N4O6. The molecule has 2 aromatic carbocycles. The van der Waals surface area contributed by atoms with Crippen LogP contribution in [0.1, 0.15) is 132 Å². The maximum Gasteiger partial charge on any atom is 0.335 e. The van der Waals surface area contributed by atoms with Crippen LogP contribution in [0.25, 0.3) is 56.5 Å². The number of aromatic carboxylic acids is 2. The highest BCUT2D eigenvalue weighted by molar-refractivity contribution is 5.94. The number of aromatic nitrogens is 4. The number of carboxylic acids is 2. The summed E-state index contributed by atoms with van der Waals surface area (Å²) in [5.41, 5.74) is 10.2. The third kappa shape index (κ3) is 7.80. The number of carboxylic acid groups (broad SMARTS) is 2. The van der Waals surface area contributed by atoms with Crippen molar-refractivity contribution in [1.29, 1.82) is 0 Å². The lowest BCUT2D eigenvalue weighted by Gasteiger charge is -2.13. The van der Waals surface area contributed by atoms with Crippen LogP contribution in [-0.2, 0) is 12.8 Å². The van der Waals surface area contributed by atoms with Crippen LogP contribution in [0.2, 0.25) is 0 Å². The molecule has 0 aliphatic carbocycles. The van der Waals surface area contributed by atoms with E-state index in [1.165, 1.54) is 12.1 Å². The van der Waals surface area contributed by atoms with Gasteiger partial charge < -0.3 is 30.4 Å². The molecule has 0 fully saturated rings. The SMILES string of the molecule is CCCCCCc1c2nc(c(-c3ccc(C(=O)O)cc3)c3ccc([nH]3)c(CCCCCC)c3nc(c(-c4ccc(C(=O)O)cc4)c4ccc1[nH]4)C(O)C3O)C=C2. The van der Waals surface area contributed by atoms with E-state index in [1.807, 2.05) is 36.4 Å². The van der Waals surface area contributed by atoms with E-state index in [0.717, 1.165) is 108 Å². The Hall–Kier alpha value is -5.84. The first-order chi connectivity index (χ1) is 27.2. The molecule has 2 unspecified atom stereocenters. The summed E-state index contributed by atoms with van der Waals surface area (Å²) in [6.07, 6.45) is 10.9. The van der Waals surface area contributed by atoms with Crippen molar-refractivity contribution in [1.82, 2.24) is 19.9 Å². The molecule has 0 amide bonds. The predicted octanol–water partition coefficient (Wildman–Crippen LogP) is 10.2. The molecule has 2 aliphatic rings. The van der Waals surface area contributed by atoms with E-state index in [1.54, 1.807) is 36.4 Å². The van der Waals surface area contributed by atoms with E-state index in [4.69, 9.17) is 9.97 Å². The molecule has 10 nitrogen and oxygen atoms in total. The first-order valence-corrected chi connectivity index (χ1v) is 19.7. The van der Waals surface area contributed by atoms with E-state index >= 15 is 0 Å². The number of rotatable bonds is 14. The topological polar surface area (TPSA) is 172 Å². The molecule has 8 bridgehead atoms. The summed E-state index contributed by atoms with van der Waals surface area (Å²) in [5.74, 6) is -2.04. The zero-order valence-electron chi connectivity index (χ0n) is 31.8. The van der Waals surface area contributed by atoms with Crippen molar-refractivity contribution in [3.63, 3.8) is 0 Å². The van der Waals surface area contributed by atoms with Gasteiger partial charge in [0, 0.05) is 38.8 Å². The molecule has 7 rings (SSSR count). The Labute approximate surface area is 325 Å². The highest BCUT2D eigenvalue weighted by Gasteiger charge is 2.34. The fourth-order valence-corrected chi connectivity index (χ4v) is 7.81.